The molecule has 0 radical (unpaired) electrons. The first-order valence-electron chi connectivity index (χ1n) is 15.7. The number of amides is 1. The predicted octanol–water partition coefficient (Wildman–Crippen LogP) is 7.41. The van der Waals surface area contributed by atoms with Crippen molar-refractivity contribution in [2.24, 2.45) is 5.92 Å². The number of hydrogen-bond acceptors (Lipinski definition) is 10. The zero-order chi connectivity index (χ0) is 36.8. The standard InChI is InChI=1S/C34H39Cl2F2N3O8S/c1-34(2,3)49-33(43)41(15-14-40(4)5)50(44,45)24-11-8-22(9-12-24)31(42)47-29(17-25-26(35)18-39-19-27(25)36)23-10-13-28(48-32(37)38)30(16-23)46-20-21-6-7-21/h8-13,16,18-19,21,29,32H,6-7,14-15,17,20H2,1-5H3/t29-/m0/s1. The second-order valence-corrected chi connectivity index (χ2v) is 15.6. The molecule has 1 fully saturated rings. The minimum absolute atomic E-state index is 0.0131. The van der Waals surface area contributed by atoms with Gasteiger partial charge in [-0.2, -0.15) is 13.1 Å². The van der Waals surface area contributed by atoms with Crippen molar-refractivity contribution >= 4 is 45.3 Å². The molecule has 1 aliphatic rings. The highest BCUT2D eigenvalue weighted by atomic mass is 35.5. The van der Waals surface area contributed by atoms with Gasteiger partial charge in [0.05, 0.1) is 33.7 Å². The third-order valence-electron chi connectivity index (χ3n) is 7.34. The number of likely N-dealkylation sites (N-methyl/N-ethyl adjacent to an activating group) is 1. The molecule has 50 heavy (non-hydrogen) atoms. The number of carbonyl (C=O) groups excluding carboxylic acids is 2. The smallest absolute Gasteiger partial charge is 0.424 e. The largest absolute Gasteiger partial charge is 0.489 e. The van der Waals surface area contributed by atoms with Gasteiger partial charge in [0.2, 0.25) is 0 Å². The van der Waals surface area contributed by atoms with Crippen LogP contribution in [0, 0.1) is 5.92 Å². The molecule has 1 aliphatic carbocycles. The Morgan fingerprint density at radius 3 is 2.18 bits per heavy atom. The summed E-state index contributed by atoms with van der Waals surface area (Å²) in [5.74, 6) is -0.680. The maximum Gasteiger partial charge on any atom is 0.424 e. The Hall–Kier alpha value is -3.72. The summed E-state index contributed by atoms with van der Waals surface area (Å²) in [6.07, 6.45) is 2.53. The summed E-state index contributed by atoms with van der Waals surface area (Å²) in [5.41, 5.74) is -0.183. The van der Waals surface area contributed by atoms with Crippen LogP contribution in [0.3, 0.4) is 0 Å². The van der Waals surface area contributed by atoms with Gasteiger partial charge in [-0.3, -0.25) is 4.98 Å². The van der Waals surface area contributed by atoms with Crippen molar-refractivity contribution in [2.75, 3.05) is 33.8 Å². The maximum atomic E-state index is 13.6. The fraction of sp³-hybridized carbons (Fsp3) is 0.441. The number of carbonyl (C=O) groups is 2. The Morgan fingerprint density at radius 1 is 0.980 bits per heavy atom. The zero-order valence-corrected chi connectivity index (χ0v) is 30.5. The molecule has 1 aromatic heterocycles. The van der Waals surface area contributed by atoms with E-state index in [-0.39, 0.29) is 51.5 Å². The molecule has 0 saturated heterocycles. The normalized spacial score (nSPS) is 14.0. The van der Waals surface area contributed by atoms with Gasteiger partial charge in [0, 0.05) is 25.4 Å². The van der Waals surface area contributed by atoms with E-state index in [4.69, 9.17) is 37.4 Å². The van der Waals surface area contributed by atoms with Crippen molar-refractivity contribution in [3.05, 3.63) is 81.6 Å². The summed E-state index contributed by atoms with van der Waals surface area (Å²) in [5, 5.41) is 0.416. The Balaban J connectivity index is 1.64. The third kappa shape index (κ3) is 10.9. The molecule has 16 heteroatoms. The first kappa shape index (κ1) is 39.1. The monoisotopic (exact) mass is 757 g/mol. The first-order valence-corrected chi connectivity index (χ1v) is 17.8. The Bertz CT molecular complexity index is 1750. The van der Waals surface area contributed by atoms with Gasteiger partial charge < -0.3 is 23.8 Å². The fourth-order valence-electron chi connectivity index (χ4n) is 4.57. The lowest BCUT2D eigenvalue weighted by atomic mass is 10.0. The average molecular weight is 759 g/mol. The summed E-state index contributed by atoms with van der Waals surface area (Å²) >= 11 is 12.8. The van der Waals surface area contributed by atoms with E-state index in [9.17, 15) is 26.8 Å². The molecule has 3 aromatic rings. The number of ether oxygens (including phenoxy) is 4. The number of esters is 1. The van der Waals surface area contributed by atoms with Gasteiger partial charge in [0.25, 0.3) is 10.0 Å². The van der Waals surface area contributed by atoms with Crippen LogP contribution in [-0.4, -0.2) is 80.7 Å². The second kappa shape index (κ2) is 16.5. The highest BCUT2D eigenvalue weighted by Crippen LogP contribution is 2.38. The van der Waals surface area contributed by atoms with E-state index in [1.807, 2.05) is 0 Å². The SMILES string of the molecule is CN(C)CCN(C(=O)OC(C)(C)C)S(=O)(=O)c1ccc(C(=O)O[C@@H](Cc2c(Cl)cncc2Cl)c2ccc(OC(F)F)c(OCC3CC3)c2)cc1. The number of nitrogens with zero attached hydrogens (tertiary/aromatic N) is 3. The number of halogens is 4. The number of aromatic nitrogens is 1. The summed E-state index contributed by atoms with van der Waals surface area (Å²) in [7, 11) is -0.919. The van der Waals surface area contributed by atoms with E-state index in [1.54, 1.807) is 39.8 Å². The molecule has 1 heterocycles. The van der Waals surface area contributed by atoms with Crippen LogP contribution in [0.1, 0.15) is 61.2 Å². The predicted molar refractivity (Wildman–Crippen MR) is 183 cm³/mol. The quantitative estimate of drug-likeness (QED) is 0.145. The van der Waals surface area contributed by atoms with Gasteiger partial charge in [0.15, 0.2) is 11.5 Å². The number of pyridine rings is 1. The summed E-state index contributed by atoms with van der Waals surface area (Å²) in [6, 6.07) is 9.08. The van der Waals surface area contributed by atoms with Crippen LogP contribution in [0.2, 0.25) is 10.0 Å². The van der Waals surface area contributed by atoms with Crippen molar-refractivity contribution in [2.45, 2.75) is 63.2 Å². The van der Waals surface area contributed by atoms with Crippen LogP contribution in [-0.2, 0) is 25.9 Å². The van der Waals surface area contributed by atoms with Gasteiger partial charge >= 0.3 is 18.7 Å². The minimum Gasteiger partial charge on any atom is -0.489 e. The summed E-state index contributed by atoms with van der Waals surface area (Å²) < 4.78 is 76.0. The lowest BCUT2D eigenvalue weighted by molar-refractivity contribution is -0.0515. The van der Waals surface area contributed by atoms with Crippen molar-refractivity contribution in [1.29, 1.82) is 0 Å². The van der Waals surface area contributed by atoms with Crippen molar-refractivity contribution in [3.63, 3.8) is 0 Å². The Morgan fingerprint density at radius 2 is 1.62 bits per heavy atom. The molecule has 2 aromatic carbocycles. The molecule has 1 atom stereocenters. The molecule has 0 unspecified atom stereocenters. The topological polar surface area (TPSA) is 125 Å². The van der Waals surface area contributed by atoms with Crippen LogP contribution >= 0.6 is 23.2 Å². The van der Waals surface area contributed by atoms with E-state index in [1.165, 1.54) is 54.9 Å². The van der Waals surface area contributed by atoms with E-state index >= 15 is 0 Å². The van der Waals surface area contributed by atoms with Crippen molar-refractivity contribution in [3.8, 4) is 11.5 Å². The summed E-state index contributed by atoms with van der Waals surface area (Å²) in [6.45, 7) is 2.13. The van der Waals surface area contributed by atoms with Crippen LogP contribution in [0.25, 0.3) is 0 Å². The highest BCUT2D eigenvalue weighted by molar-refractivity contribution is 7.89. The molecule has 0 aliphatic heterocycles. The van der Waals surface area contributed by atoms with Crippen molar-refractivity contribution < 1.29 is 45.7 Å². The number of benzene rings is 2. The molecule has 0 spiro atoms. The van der Waals surface area contributed by atoms with Gasteiger partial charge in [-0.1, -0.05) is 29.3 Å². The zero-order valence-electron chi connectivity index (χ0n) is 28.2. The van der Waals surface area contributed by atoms with Crippen LogP contribution in [0.15, 0.2) is 59.8 Å². The van der Waals surface area contributed by atoms with E-state index in [2.05, 4.69) is 9.72 Å². The maximum absolute atomic E-state index is 13.6. The molecule has 0 N–H and O–H groups in total. The number of sulfonamides is 1. The molecule has 0 bridgehead atoms. The molecule has 4 rings (SSSR count). The molecule has 1 amide bonds. The molecule has 1 saturated carbocycles. The van der Waals surface area contributed by atoms with Crippen molar-refractivity contribution in [1.82, 2.24) is 14.2 Å². The average Bonchev–Trinajstić information content (AvgIpc) is 3.85. The second-order valence-electron chi connectivity index (χ2n) is 12.9. The van der Waals surface area contributed by atoms with E-state index < -0.39 is 40.4 Å². The van der Waals surface area contributed by atoms with Crippen LogP contribution in [0.5, 0.6) is 11.5 Å². The minimum atomic E-state index is -4.39. The van der Waals surface area contributed by atoms with Gasteiger partial charge in [-0.25, -0.2) is 18.0 Å². The fourth-order valence-corrected chi connectivity index (χ4v) is 6.38. The lowest BCUT2D eigenvalue weighted by Gasteiger charge is -2.27. The van der Waals surface area contributed by atoms with Gasteiger partial charge in [-0.15, -0.1) is 0 Å². The first-order chi connectivity index (χ1) is 23.4. The lowest BCUT2D eigenvalue weighted by Crippen LogP contribution is -2.43. The number of alkyl halides is 2. The molecule has 11 nitrogen and oxygen atoms in total. The van der Waals surface area contributed by atoms with Gasteiger partial charge in [0.1, 0.15) is 11.7 Å². The van der Waals surface area contributed by atoms with E-state index in [0.29, 0.717) is 28.0 Å². The van der Waals surface area contributed by atoms with Crippen LogP contribution < -0.4 is 9.47 Å². The van der Waals surface area contributed by atoms with Gasteiger partial charge in [-0.05, 0) is 101 Å². The number of hydrogen-bond donors (Lipinski definition) is 0. The highest BCUT2D eigenvalue weighted by Gasteiger charge is 2.33. The third-order valence-corrected chi connectivity index (χ3v) is 9.77. The molecule has 272 valence electrons. The number of rotatable bonds is 15. The Labute approximate surface area is 300 Å². The molecular weight excluding hydrogens is 719 g/mol. The van der Waals surface area contributed by atoms with Crippen LogP contribution in [0.4, 0.5) is 13.6 Å². The summed E-state index contributed by atoms with van der Waals surface area (Å²) in [4.78, 5) is 31.9. The molecular formula is C34H39Cl2F2N3O8S. The van der Waals surface area contributed by atoms with E-state index in [0.717, 1.165) is 12.8 Å². The Kier molecular flexibility index (Phi) is 12.9.